The average molecular weight is 405 g/mol. The standard InChI is InChI=1S/C22H19N3O3S/c1-2-27-17-8-4-5-9-18(17)28-14-21(26)25-20-12-11-15(13-23-20)22-24-16-7-3-6-10-19(16)29-22/h3-13H,2,14H2,1H3,(H,23,25,26). The molecule has 0 unspecified atom stereocenters. The van der Waals surface area contributed by atoms with E-state index in [-0.39, 0.29) is 12.5 Å². The zero-order valence-electron chi connectivity index (χ0n) is 15.8. The van der Waals surface area contributed by atoms with Crippen LogP contribution in [0, 0.1) is 0 Å². The van der Waals surface area contributed by atoms with E-state index in [1.54, 1.807) is 35.7 Å². The number of carbonyl (C=O) groups excluding carboxylic acids is 1. The van der Waals surface area contributed by atoms with Crippen LogP contribution in [0.15, 0.2) is 66.9 Å². The fraction of sp³-hybridized carbons (Fsp3) is 0.136. The highest BCUT2D eigenvalue weighted by atomic mass is 32.1. The Morgan fingerprint density at radius 2 is 1.76 bits per heavy atom. The Balaban J connectivity index is 1.38. The summed E-state index contributed by atoms with van der Waals surface area (Å²) in [5.41, 5.74) is 1.88. The third-order valence-corrected chi connectivity index (χ3v) is 5.17. The molecule has 6 nitrogen and oxygen atoms in total. The number of nitrogens with one attached hydrogen (secondary N) is 1. The van der Waals surface area contributed by atoms with Crippen LogP contribution in [0.1, 0.15) is 6.92 Å². The lowest BCUT2D eigenvalue weighted by molar-refractivity contribution is -0.118. The number of para-hydroxylation sites is 3. The molecule has 0 atom stereocenters. The van der Waals surface area contributed by atoms with Crippen molar-refractivity contribution in [2.75, 3.05) is 18.5 Å². The van der Waals surface area contributed by atoms with Crippen LogP contribution in [0.2, 0.25) is 0 Å². The number of amides is 1. The van der Waals surface area contributed by atoms with E-state index in [0.717, 1.165) is 20.8 Å². The Kier molecular flexibility index (Phi) is 5.67. The molecule has 0 bridgehead atoms. The minimum Gasteiger partial charge on any atom is -0.490 e. The van der Waals surface area contributed by atoms with Gasteiger partial charge in [-0.15, -0.1) is 11.3 Å². The first kappa shape index (κ1) is 18.9. The van der Waals surface area contributed by atoms with Crippen LogP contribution in [-0.4, -0.2) is 29.1 Å². The van der Waals surface area contributed by atoms with Crippen LogP contribution in [0.4, 0.5) is 5.82 Å². The Morgan fingerprint density at radius 3 is 2.48 bits per heavy atom. The molecular formula is C22H19N3O3S. The van der Waals surface area contributed by atoms with Crippen LogP contribution >= 0.6 is 11.3 Å². The van der Waals surface area contributed by atoms with Crippen molar-refractivity contribution >= 4 is 33.3 Å². The van der Waals surface area contributed by atoms with Gasteiger partial charge in [-0.25, -0.2) is 9.97 Å². The molecule has 7 heteroatoms. The van der Waals surface area contributed by atoms with E-state index in [9.17, 15) is 4.79 Å². The maximum absolute atomic E-state index is 12.2. The van der Waals surface area contributed by atoms with Crippen molar-refractivity contribution in [3.8, 4) is 22.1 Å². The van der Waals surface area contributed by atoms with Gasteiger partial charge in [0.1, 0.15) is 10.8 Å². The molecule has 29 heavy (non-hydrogen) atoms. The molecule has 0 aliphatic rings. The summed E-state index contributed by atoms with van der Waals surface area (Å²) >= 11 is 1.61. The Hall–Kier alpha value is -3.45. The molecule has 2 aromatic carbocycles. The lowest BCUT2D eigenvalue weighted by Gasteiger charge is -2.11. The number of carbonyl (C=O) groups is 1. The number of rotatable bonds is 7. The lowest BCUT2D eigenvalue weighted by Crippen LogP contribution is -2.20. The summed E-state index contributed by atoms with van der Waals surface area (Å²) < 4.78 is 12.2. The van der Waals surface area contributed by atoms with Gasteiger partial charge in [0.25, 0.3) is 5.91 Å². The van der Waals surface area contributed by atoms with Crippen molar-refractivity contribution in [3.63, 3.8) is 0 Å². The fourth-order valence-corrected chi connectivity index (χ4v) is 3.71. The summed E-state index contributed by atoms with van der Waals surface area (Å²) in [6.45, 7) is 2.29. The summed E-state index contributed by atoms with van der Waals surface area (Å²) in [6.07, 6.45) is 1.71. The summed E-state index contributed by atoms with van der Waals surface area (Å²) in [5, 5.41) is 3.63. The largest absolute Gasteiger partial charge is 0.490 e. The van der Waals surface area contributed by atoms with E-state index in [1.165, 1.54) is 0 Å². The van der Waals surface area contributed by atoms with Crippen molar-refractivity contribution in [1.82, 2.24) is 9.97 Å². The van der Waals surface area contributed by atoms with Crippen molar-refractivity contribution in [3.05, 3.63) is 66.9 Å². The van der Waals surface area contributed by atoms with Gasteiger partial charge < -0.3 is 14.8 Å². The second kappa shape index (κ2) is 8.70. The van der Waals surface area contributed by atoms with Crippen molar-refractivity contribution in [2.45, 2.75) is 6.92 Å². The first-order valence-electron chi connectivity index (χ1n) is 9.19. The third-order valence-electron chi connectivity index (χ3n) is 4.08. The highest BCUT2D eigenvalue weighted by molar-refractivity contribution is 7.21. The molecule has 0 aliphatic heterocycles. The van der Waals surface area contributed by atoms with Crippen LogP contribution in [-0.2, 0) is 4.79 Å². The van der Waals surface area contributed by atoms with E-state index < -0.39 is 0 Å². The van der Waals surface area contributed by atoms with Gasteiger partial charge in [-0.2, -0.15) is 0 Å². The number of nitrogens with zero attached hydrogens (tertiary/aromatic N) is 2. The average Bonchev–Trinajstić information content (AvgIpc) is 3.18. The number of fused-ring (bicyclic) bond motifs is 1. The lowest BCUT2D eigenvalue weighted by atomic mass is 10.3. The number of pyridine rings is 1. The maximum Gasteiger partial charge on any atom is 0.263 e. The number of anilines is 1. The smallest absolute Gasteiger partial charge is 0.263 e. The van der Waals surface area contributed by atoms with Gasteiger partial charge in [-0.1, -0.05) is 24.3 Å². The number of hydrogen-bond donors (Lipinski definition) is 1. The predicted molar refractivity (Wildman–Crippen MR) is 115 cm³/mol. The molecular weight excluding hydrogens is 386 g/mol. The molecule has 4 aromatic rings. The van der Waals surface area contributed by atoms with Crippen molar-refractivity contribution < 1.29 is 14.3 Å². The molecule has 1 amide bonds. The second-order valence-electron chi connectivity index (χ2n) is 6.14. The molecule has 1 N–H and O–H groups in total. The number of thiazole rings is 1. The highest BCUT2D eigenvalue weighted by Crippen LogP contribution is 2.30. The first-order chi connectivity index (χ1) is 14.2. The summed E-state index contributed by atoms with van der Waals surface area (Å²) in [7, 11) is 0. The fourth-order valence-electron chi connectivity index (χ4n) is 2.76. The Morgan fingerprint density at radius 1 is 1.00 bits per heavy atom. The van der Waals surface area contributed by atoms with Crippen LogP contribution in [0.3, 0.4) is 0 Å². The van der Waals surface area contributed by atoms with Gasteiger partial charge in [-0.05, 0) is 43.3 Å². The number of ether oxygens (including phenoxy) is 2. The maximum atomic E-state index is 12.2. The first-order valence-corrected chi connectivity index (χ1v) is 10.0. The highest BCUT2D eigenvalue weighted by Gasteiger charge is 2.10. The van der Waals surface area contributed by atoms with Crippen molar-refractivity contribution in [1.29, 1.82) is 0 Å². The van der Waals surface area contributed by atoms with Gasteiger partial charge in [0.15, 0.2) is 18.1 Å². The normalized spacial score (nSPS) is 10.7. The summed E-state index contributed by atoms with van der Waals surface area (Å²) in [4.78, 5) is 21.1. The molecule has 0 radical (unpaired) electrons. The van der Waals surface area contributed by atoms with Gasteiger partial charge in [0.05, 0.1) is 16.8 Å². The van der Waals surface area contributed by atoms with E-state index >= 15 is 0 Å². The van der Waals surface area contributed by atoms with Crippen molar-refractivity contribution in [2.24, 2.45) is 0 Å². The van der Waals surface area contributed by atoms with E-state index in [2.05, 4.69) is 15.3 Å². The topological polar surface area (TPSA) is 73.3 Å². The number of benzene rings is 2. The van der Waals surface area contributed by atoms with Gasteiger partial charge in [0.2, 0.25) is 0 Å². The molecule has 0 saturated carbocycles. The number of aromatic nitrogens is 2. The Labute approximate surface area is 172 Å². The van der Waals surface area contributed by atoms with Gasteiger partial charge in [-0.3, -0.25) is 4.79 Å². The molecule has 0 fully saturated rings. The zero-order chi connectivity index (χ0) is 20.1. The molecule has 0 spiro atoms. The molecule has 4 rings (SSSR count). The minimum absolute atomic E-state index is 0.134. The van der Waals surface area contributed by atoms with Crippen LogP contribution in [0.5, 0.6) is 11.5 Å². The summed E-state index contributed by atoms with van der Waals surface area (Å²) in [6, 6.07) is 18.9. The molecule has 2 aromatic heterocycles. The van der Waals surface area contributed by atoms with E-state index in [4.69, 9.17) is 9.47 Å². The van der Waals surface area contributed by atoms with Gasteiger partial charge in [0, 0.05) is 11.8 Å². The van der Waals surface area contributed by atoms with Crippen LogP contribution in [0.25, 0.3) is 20.8 Å². The molecule has 146 valence electrons. The van der Waals surface area contributed by atoms with Crippen LogP contribution < -0.4 is 14.8 Å². The quantitative estimate of drug-likeness (QED) is 0.479. The second-order valence-corrected chi connectivity index (χ2v) is 7.17. The molecule has 2 heterocycles. The predicted octanol–water partition coefficient (Wildman–Crippen LogP) is 4.77. The molecule has 0 aliphatic carbocycles. The van der Waals surface area contributed by atoms with Gasteiger partial charge >= 0.3 is 0 Å². The number of hydrogen-bond acceptors (Lipinski definition) is 6. The third kappa shape index (κ3) is 4.52. The molecule has 0 saturated heterocycles. The summed E-state index contributed by atoms with van der Waals surface area (Å²) in [5.74, 6) is 1.31. The monoisotopic (exact) mass is 405 g/mol. The zero-order valence-corrected chi connectivity index (χ0v) is 16.6. The minimum atomic E-state index is -0.295. The van der Waals surface area contributed by atoms with E-state index in [1.807, 2.05) is 49.4 Å². The Bertz CT molecular complexity index is 1090. The SMILES string of the molecule is CCOc1ccccc1OCC(=O)Nc1ccc(-c2nc3ccccc3s2)cn1. The van der Waals surface area contributed by atoms with E-state index in [0.29, 0.717) is 23.9 Å².